The molecule has 0 spiro atoms. The number of likely N-dealkylation sites (N-methyl/N-ethyl adjacent to an activating group) is 2. The second kappa shape index (κ2) is 22.0. The van der Waals surface area contributed by atoms with E-state index in [9.17, 15) is 24.3 Å². The number of carbonyl (C=O) groups excluding carboxylic acids is 4. The van der Waals surface area contributed by atoms with Gasteiger partial charge < -0.3 is 39.1 Å². The summed E-state index contributed by atoms with van der Waals surface area (Å²) in [5.41, 5.74) is 11.1. The van der Waals surface area contributed by atoms with Crippen LogP contribution >= 0.6 is 0 Å². The van der Waals surface area contributed by atoms with Crippen LogP contribution in [0.25, 0.3) is 33.3 Å². The fraction of sp³-hybridized carbons (Fsp3) is 0.491. The molecule has 2 aromatic heterocycles. The number of rotatable bonds is 11. The number of benzene rings is 3. The minimum absolute atomic E-state index is 0.00740. The third kappa shape index (κ3) is 11.3. The third-order valence-electron chi connectivity index (χ3n) is 15.4. The Morgan fingerprint density at radius 2 is 1.71 bits per heavy atom. The van der Waals surface area contributed by atoms with Crippen molar-refractivity contribution in [3.8, 4) is 28.1 Å². The molecule has 16 nitrogen and oxygen atoms in total. The molecule has 3 aliphatic heterocycles. The Hall–Kier alpha value is -6.33. The van der Waals surface area contributed by atoms with Crippen LogP contribution in [0.1, 0.15) is 99.5 Å². The molecule has 0 unspecified atom stereocenters. The average Bonchev–Trinajstić information content (AvgIpc) is 4.03. The molecule has 3 N–H and O–H groups in total. The van der Waals surface area contributed by atoms with Gasteiger partial charge in [0.1, 0.15) is 23.9 Å². The van der Waals surface area contributed by atoms with Crippen LogP contribution in [0.4, 0.5) is 5.69 Å². The first-order chi connectivity index (χ1) is 35.1. The van der Waals surface area contributed by atoms with Gasteiger partial charge in [0.15, 0.2) is 0 Å². The van der Waals surface area contributed by atoms with Crippen molar-refractivity contribution in [2.24, 2.45) is 11.3 Å². The number of nitrogens with zero attached hydrogens (tertiary/aromatic N) is 6. The number of pyridine rings is 1. The number of aromatic nitrogens is 2. The largest absolute Gasteiger partial charge is 0.508 e. The lowest BCUT2D eigenvalue weighted by atomic mass is 9.84. The van der Waals surface area contributed by atoms with E-state index in [-0.39, 0.29) is 30.8 Å². The summed E-state index contributed by atoms with van der Waals surface area (Å²) in [6, 6.07) is 19.7. The fourth-order valence-corrected chi connectivity index (χ4v) is 11.4. The highest BCUT2D eigenvalue weighted by molar-refractivity contribution is 5.96. The van der Waals surface area contributed by atoms with Crippen molar-refractivity contribution >= 4 is 40.3 Å². The van der Waals surface area contributed by atoms with Crippen molar-refractivity contribution < 1.29 is 38.6 Å². The van der Waals surface area contributed by atoms with E-state index < -0.39 is 47.3 Å². The molecule has 1 saturated carbocycles. The standard InChI is InChI=1S/C57H72N8O8/c1-8-64-49-21-20-40-31-44(49)46(52(64)45-32-42(34-58-50(45)36(2)71-7)63-25-23-61(5)24-26-63)33-57(3,4)35-72-56(70)47-19-14-22-65(60-47)54(68)48(29-37-27-41(40)30-43(66)28-37)59-53(67)51(38-15-12-13-16-38)62(6)73-55(69)39-17-10-9-11-18-39/h9-11,17-18,20-21,27-28,30-32,34,36,38,47-48,51,60,66H,8,12-16,19,22-26,29,33,35H2,1-7H3,(H,59,67)/t36-,47-,48-,51-/m0/s1. The summed E-state index contributed by atoms with van der Waals surface area (Å²) in [4.78, 5) is 72.8. The van der Waals surface area contributed by atoms with Gasteiger partial charge in [-0.2, -0.15) is 0 Å². The Labute approximate surface area is 428 Å². The van der Waals surface area contributed by atoms with Crippen LogP contribution in [-0.2, 0) is 48.1 Å². The number of hydrogen-bond donors (Lipinski definition) is 3. The number of hydroxylamine groups is 2. The van der Waals surface area contributed by atoms with E-state index in [1.165, 1.54) is 10.1 Å². The Kier molecular flexibility index (Phi) is 15.6. The van der Waals surface area contributed by atoms with E-state index in [0.29, 0.717) is 43.5 Å². The Bertz CT molecular complexity index is 2820. The molecule has 73 heavy (non-hydrogen) atoms. The lowest BCUT2D eigenvalue weighted by Gasteiger charge is -2.36. The molecule has 5 heterocycles. The maximum atomic E-state index is 14.9. The van der Waals surface area contributed by atoms with Gasteiger partial charge in [-0.25, -0.2) is 10.2 Å². The first kappa shape index (κ1) is 51.6. The average molecular weight is 997 g/mol. The summed E-state index contributed by atoms with van der Waals surface area (Å²) >= 11 is 0. The van der Waals surface area contributed by atoms with Gasteiger partial charge in [-0.05, 0) is 124 Å². The number of cyclic esters (lactones) is 1. The number of piperazine rings is 1. The number of anilines is 1. The van der Waals surface area contributed by atoms with E-state index in [0.717, 1.165) is 102 Å². The van der Waals surface area contributed by atoms with E-state index >= 15 is 0 Å². The molecule has 3 fully saturated rings. The summed E-state index contributed by atoms with van der Waals surface area (Å²) in [6.07, 6.45) is 6.51. The highest BCUT2D eigenvalue weighted by Crippen LogP contribution is 2.43. The number of hydrogen-bond acceptors (Lipinski definition) is 13. The van der Waals surface area contributed by atoms with Gasteiger partial charge in [0.05, 0.1) is 41.5 Å². The molecule has 3 aromatic carbocycles. The molecule has 9 rings (SSSR count). The zero-order valence-electron chi connectivity index (χ0n) is 43.5. The van der Waals surface area contributed by atoms with Crippen LogP contribution < -0.4 is 15.6 Å². The molecule has 16 heteroatoms. The topological polar surface area (TPSA) is 171 Å². The molecule has 2 saturated heterocycles. The molecular weight excluding hydrogens is 925 g/mol. The quantitative estimate of drug-likeness (QED) is 0.0881. The van der Waals surface area contributed by atoms with Gasteiger partial charge in [0, 0.05) is 81.7 Å². The number of aromatic hydroxyl groups is 1. The van der Waals surface area contributed by atoms with Crippen molar-refractivity contribution in [1.82, 2.24) is 35.3 Å². The summed E-state index contributed by atoms with van der Waals surface area (Å²) in [5, 5.41) is 18.3. The molecule has 388 valence electrons. The Morgan fingerprint density at radius 1 is 0.959 bits per heavy atom. The minimum atomic E-state index is -1.14. The van der Waals surface area contributed by atoms with Gasteiger partial charge >= 0.3 is 11.9 Å². The summed E-state index contributed by atoms with van der Waals surface area (Å²) < 4.78 is 14.6. The van der Waals surface area contributed by atoms with Gasteiger partial charge in [-0.3, -0.25) is 24.4 Å². The Morgan fingerprint density at radius 3 is 2.44 bits per heavy atom. The molecule has 4 atom stereocenters. The van der Waals surface area contributed by atoms with E-state index in [1.54, 1.807) is 50.6 Å². The number of methoxy groups -OCH3 is 1. The molecule has 2 amide bonds. The van der Waals surface area contributed by atoms with Crippen molar-refractivity contribution in [3.63, 3.8) is 0 Å². The normalized spacial score (nSPS) is 20.9. The number of aryl methyl sites for hydroxylation is 1. The second-order valence-corrected chi connectivity index (χ2v) is 21.3. The SMILES string of the molecule is CCn1c(-c2cc(N3CCN(C)CC3)cnc2[C@H](C)OC)c2c3cc(ccc31)-c1cc(O)cc(c1)C[C@H](NC(=O)[C@H](C1CCCC1)N(C)OC(=O)c1ccccc1)C(=O)N1CCC[C@H](N1)C(=O)OCC(C)(C)C2. The van der Waals surface area contributed by atoms with Crippen LogP contribution in [0.5, 0.6) is 5.75 Å². The molecule has 4 aliphatic rings. The third-order valence-corrected chi connectivity index (χ3v) is 15.4. The number of nitrogens with one attached hydrogen (secondary N) is 2. The monoisotopic (exact) mass is 997 g/mol. The van der Waals surface area contributed by atoms with Crippen LogP contribution in [0.15, 0.2) is 79.0 Å². The van der Waals surface area contributed by atoms with E-state index in [1.807, 2.05) is 25.3 Å². The first-order valence-electron chi connectivity index (χ1n) is 26.1. The summed E-state index contributed by atoms with van der Waals surface area (Å²) in [7, 11) is 5.44. The molecule has 1 aliphatic carbocycles. The van der Waals surface area contributed by atoms with Crippen molar-refractivity contribution in [1.29, 1.82) is 0 Å². The molecule has 0 radical (unpaired) electrons. The van der Waals surface area contributed by atoms with Crippen LogP contribution in [0, 0.1) is 11.3 Å². The maximum absolute atomic E-state index is 14.9. The number of amides is 2. The Balaban J connectivity index is 1.14. The minimum Gasteiger partial charge on any atom is -0.508 e. The van der Waals surface area contributed by atoms with Crippen molar-refractivity contribution in [2.75, 3.05) is 65.4 Å². The molecule has 6 bridgehead atoms. The number of esters is 1. The van der Waals surface area contributed by atoms with E-state index in [4.69, 9.17) is 19.3 Å². The predicted octanol–water partition coefficient (Wildman–Crippen LogP) is 7.47. The first-order valence-corrected chi connectivity index (χ1v) is 26.1. The summed E-state index contributed by atoms with van der Waals surface area (Å²) in [5.74, 6) is -2.10. The smallest absolute Gasteiger partial charge is 0.357 e. The lowest BCUT2D eigenvalue weighted by Crippen LogP contribution is -2.62. The number of phenolic OH excluding ortho intramolecular Hbond substituents is 1. The number of hydrazine groups is 1. The van der Waals surface area contributed by atoms with Gasteiger partial charge in [0.2, 0.25) is 5.91 Å². The number of fused-ring (bicyclic) bond motifs is 6. The highest BCUT2D eigenvalue weighted by Gasteiger charge is 2.40. The maximum Gasteiger partial charge on any atom is 0.357 e. The summed E-state index contributed by atoms with van der Waals surface area (Å²) in [6.45, 7) is 13.1. The number of phenols is 1. The van der Waals surface area contributed by atoms with Gasteiger partial charge in [-0.15, -0.1) is 5.06 Å². The van der Waals surface area contributed by atoms with Gasteiger partial charge in [0.25, 0.3) is 5.91 Å². The van der Waals surface area contributed by atoms with Crippen molar-refractivity contribution in [3.05, 3.63) is 101 Å². The lowest BCUT2D eigenvalue weighted by molar-refractivity contribution is -0.160. The molecular formula is C57H72N8O8. The fourth-order valence-electron chi connectivity index (χ4n) is 11.4. The number of carbonyl (C=O) groups is 4. The van der Waals surface area contributed by atoms with Crippen LogP contribution in [-0.4, -0.2) is 132 Å². The van der Waals surface area contributed by atoms with Crippen molar-refractivity contribution in [2.45, 2.75) is 110 Å². The molecule has 5 aromatic rings. The predicted molar refractivity (Wildman–Crippen MR) is 280 cm³/mol. The highest BCUT2D eigenvalue weighted by atomic mass is 16.7. The zero-order valence-corrected chi connectivity index (χ0v) is 43.5. The zero-order chi connectivity index (χ0) is 51.6. The second-order valence-electron chi connectivity index (χ2n) is 21.3. The van der Waals surface area contributed by atoms with Crippen LogP contribution in [0.3, 0.4) is 0 Å². The van der Waals surface area contributed by atoms with E-state index in [2.05, 4.69) is 77.2 Å². The number of ether oxygens (including phenoxy) is 2. The van der Waals surface area contributed by atoms with Crippen LogP contribution in [0.2, 0.25) is 0 Å². The van der Waals surface area contributed by atoms with Gasteiger partial charge in [-0.1, -0.05) is 57.0 Å².